The summed E-state index contributed by atoms with van der Waals surface area (Å²) in [6.45, 7) is 16.6. The molecule has 2 rings (SSSR count). The molecule has 0 fully saturated rings. The van der Waals surface area contributed by atoms with E-state index < -0.39 is 44.9 Å². The van der Waals surface area contributed by atoms with Crippen molar-refractivity contribution in [2.45, 2.75) is 90.7 Å². The molecule has 0 bridgehead atoms. The summed E-state index contributed by atoms with van der Waals surface area (Å²) in [4.78, 5) is 42.6. The number of methoxy groups -OCH3 is 1. The zero-order valence-corrected chi connectivity index (χ0v) is 30.1. The maximum Gasteiger partial charge on any atom is 0.264 e. The van der Waals surface area contributed by atoms with E-state index in [0.29, 0.717) is 5.75 Å². The summed E-state index contributed by atoms with van der Waals surface area (Å²) in [5, 5.41) is 6.15. The monoisotopic (exact) mass is 656 g/mol. The minimum atomic E-state index is -4.09. The molecule has 10 nitrogen and oxygen atoms in total. The van der Waals surface area contributed by atoms with E-state index >= 15 is 0 Å². The fraction of sp³-hybridized carbons (Fsp3) is 0.514. The number of carbonyl (C=O) groups is 3. The summed E-state index contributed by atoms with van der Waals surface area (Å²) in [5.41, 5.74) is 0.480. The Kier molecular flexibility index (Phi) is 12.8. The number of aryl methyl sites for hydroxylation is 1. The maximum absolute atomic E-state index is 14.1. The van der Waals surface area contributed by atoms with Gasteiger partial charge in [-0.2, -0.15) is 0 Å². The highest BCUT2D eigenvalue weighted by atomic mass is 32.2. The second kappa shape index (κ2) is 15.3. The molecule has 3 N–H and O–H groups in total. The average Bonchev–Trinajstić information content (AvgIpc) is 2.97. The summed E-state index contributed by atoms with van der Waals surface area (Å²) >= 11 is 0. The number of para-hydroxylation sites is 1. The molecule has 0 aliphatic heterocycles. The van der Waals surface area contributed by atoms with Gasteiger partial charge in [-0.15, -0.1) is 0 Å². The number of sulfonamides is 1. The lowest BCUT2D eigenvalue weighted by molar-refractivity contribution is -0.140. The normalized spacial score (nSPS) is 14.7. The van der Waals surface area contributed by atoms with Crippen LogP contribution in [0.3, 0.4) is 0 Å². The third kappa shape index (κ3) is 9.19. The number of nitrogens with one attached hydrogen (secondary N) is 3. The van der Waals surface area contributed by atoms with Gasteiger partial charge in [0.15, 0.2) is 0 Å². The first-order valence-corrected chi connectivity index (χ1v) is 16.9. The minimum Gasteiger partial charge on any atom is -0.496 e. The van der Waals surface area contributed by atoms with Crippen molar-refractivity contribution in [3.63, 3.8) is 0 Å². The SMILES string of the molecule is CN[C@H](C(=O)N[C@H](C(=O)N(C)[C@H](/C=C(\C)C(=O)NS(=O)(=O)c1ccc(C)cc1)C(C)C)C(C)(C)C)C(C)(C)c1ccccc1OC. The summed E-state index contributed by atoms with van der Waals surface area (Å²) in [6.07, 6.45) is 1.59. The molecule has 0 saturated heterocycles. The van der Waals surface area contributed by atoms with Crippen molar-refractivity contribution >= 4 is 27.7 Å². The van der Waals surface area contributed by atoms with E-state index in [0.717, 1.165) is 11.1 Å². The zero-order chi connectivity index (χ0) is 35.2. The molecule has 0 saturated carbocycles. The second-order valence-electron chi connectivity index (χ2n) is 13.7. The first-order valence-electron chi connectivity index (χ1n) is 15.4. The van der Waals surface area contributed by atoms with E-state index in [-0.39, 0.29) is 28.2 Å². The first kappa shape index (κ1) is 38.5. The fourth-order valence-corrected chi connectivity index (χ4v) is 6.46. The largest absolute Gasteiger partial charge is 0.496 e. The summed E-state index contributed by atoms with van der Waals surface area (Å²) < 4.78 is 33.3. The summed E-state index contributed by atoms with van der Waals surface area (Å²) in [5.74, 6) is -0.976. The van der Waals surface area contributed by atoms with Gasteiger partial charge in [-0.1, -0.05) is 90.4 Å². The number of rotatable bonds is 13. The van der Waals surface area contributed by atoms with Gasteiger partial charge in [-0.25, -0.2) is 13.1 Å². The highest BCUT2D eigenvalue weighted by Crippen LogP contribution is 2.35. The van der Waals surface area contributed by atoms with E-state index in [4.69, 9.17) is 4.74 Å². The molecular weight excluding hydrogens is 604 g/mol. The molecule has 0 heterocycles. The van der Waals surface area contributed by atoms with Crippen LogP contribution < -0.4 is 20.1 Å². The molecule has 0 spiro atoms. The predicted molar refractivity (Wildman–Crippen MR) is 182 cm³/mol. The Morgan fingerprint density at radius 1 is 0.935 bits per heavy atom. The molecule has 11 heteroatoms. The van der Waals surface area contributed by atoms with Crippen LogP contribution in [0.1, 0.15) is 66.5 Å². The van der Waals surface area contributed by atoms with Crippen molar-refractivity contribution in [3.05, 3.63) is 71.3 Å². The Morgan fingerprint density at radius 2 is 1.50 bits per heavy atom. The number of ether oxygens (including phenoxy) is 1. The van der Waals surface area contributed by atoms with Crippen LogP contribution >= 0.6 is 0 Å². The molecule has 46 heavy (non-hydrogen) atoms. The number of carbonyl (C=O) groups excluding carboxylic acids is 3. The van der Waals surface area contributed by atoms with Crippen LogP contribution in [0.4, 0.5) is 0 Å². The van der Waals surface area contributed by atoms with Gasteiger partial charge in [0.1, 0.15) is 11.8 Å². The Balaban J connectivity index is 2.36. The minimum absolute atomic E-state index is 0.0236. The van der Waals surface area contributed by atoms with Crippen LogP contribution in [0.5, 0.6) is 5.75 Å². The van der Waals surface area contributed by atoms with E-state index in [9.17, 15) is 22.8 Å². The number of hydrogen-bond donors (Lipinski definition) is 3. The van der Waals surface area contributed by atoms with Gasteiger partial charge in [0.05, 0.1) is 24.1 Å². The molecule has 0 aliphatic rings. The van der Waals surface area contributed by atoms with Gasteiger partial charge in [-0.05, 0) is 50.4 Å². The Bertz CT molecular complexity index is 1520. The third-order valence-electron chi connectivity index (χ3n) is 8.29. The average molecular weight is 657 g/mol. The second-order valence-corrected chi connectivity index (χ2v) is 15.4. The molecule has 0 aromatic heterocycles. The molecule has 3 atom stereocenters. The fourth-order valence-electron chi connectivity index (χ4n) is 5.44. The van der Waals surface area contributed by atoms with E-state index in [2.05, 4.69) is 15.4 Å². The van der Waals surface area contributed by atoms with Crippen LogP contribution in [0, 0.1) is 18.3 Å². The number of likely N-dealkylation sites (N-methyl/N-ethyl adjacent to an activating group) is 2. The predicted octanol–water partition coefficient (Wildman–Crippen LogP) is 4.33. The van der Waals surface area contributed by atoms with Gasteiger partial charge in [0.25, 0.3) is 15.9 Å². The molecule has 0 unspecified atom stereocenters. The van der Waals surface area contributed by atoms with Crippen LogP contribution in [0.25, 0.3) is 0 Å². The van der Waals surface area contributed by atoms with Gasteiger partial charge >= 0.3 is 0 Å². The van der Waals surface area contributed by atoms with Crippen molar-refractivity contribution < 1.29 is 27.5 Å². The molecule has 2 aromatic carbocycles. The molecule has 3 amide bonds. The van der Waals surface area contributed by atoms with Gasteiger partial charge in [0, 0.05) is 23.6 Å². The van der Waals surface area contributed by atoms with Crippen molar-refractivity contribution in [2.24, 2.45) is 11.3 Å². The van der Waals surface area contributed by atoms with Crippen molar-refractivity contribution in [2.75, 3.05) is 21.2 Å². The zero-order valence-electron chi connectivity index (χ0n) is 29.3. The Hall–Kier alpha value is -3.70. The molecule has 0 aliphatic carbocycles. The number of benzene rings is 2. The summed E-state index contributed by atoms with van der Waals surface area (Å²) in [7, 11) is 0.819. The topological polar surface area (TPSA) is 134 Å². The quantitative estimate of drug-likeness (QED) is 0.273. The maximum atomic E-state index is 14.1. The van der Waals surface area contributed by atoms with Gasteiger partial charge in [-0.3, -0.25) is 14.4 Å². The molecule has 2 aromatic rings. The number of nitrogens with zero attached hydrogens (tertiary/aromatic N) is 1. The van der Waals surface area contributed by atoms with Crippen LogP contribution in [0.15, 0.2) is 65.1 Å². The van der Waals surface area contributed by atoms with E-state index in [1.54, 1.807) is 39.4 Å². The Morgan fingerprint density at radius 3 is 2.00 bits per heavy atom. The smallest absolute Gasteiger partial charge is 0.264 e. The van der Waals surface area contributed by atoms with Crippen molar-refractivity contribution in [1.29, 1.82) is 0 Å². The van der Waals surface area contributed by atoms with Crippen molar-refractivity contribution in [3.8, 4) is 5.75 Å². The number of hydrogen-bond acceptors (Lipinski definition) is 7. The Labute approximate surface area is 275 Å². The van der Waals surface area contributed by atoms with Crippen LogP contribution in [-0.4, -0.2) is 70.4 Å². The lowest BCUT2D eigenvalue weighted by Crippen LogP contribution is -2.61. The van der Waals surface area contributed by atoms with Crippen molar-refractivity contribution in [1.82, 2.24) is 20.3 Å². The third-order valence-corrected chi connectivity index (χ3v) is 9.64. The highest BCUT2D eigenvalue weighted by Gasteiger charge is 2.42. The van der Waals surface area contributed by atoms with E-state index in [1.807, 2.05) is 79.7 Å². The molecular formula is C35H52N4O6S. The van der Waals surface area contributed by atoms with Crippen LogP contribution in [-0.2, 0) is 29.8 Å². The molecule has 0 radical (unpaired) electrons. The lowest BCUT2D eigenvalue weighted by Gasteiger charge is -2.40. The van der Waals surface area contributed by atoms with Gasteiger partial charge < -0.3 is 20.3 Å². The lowest BCUT2D eigenvalue weighted by atomic mass is 9.76. The van der Waals surface area contributed by atoms with Gasteiger partial charge in [0.2, 0.25) is 11.8 Å². The first-order chi connectivity index (χ1) is 21.2. The summed E-state index contributed by atoms with van der Waals surface area (Å²) in [6, 6.07) is 11.5. The van der Waals surface area contributed by atoms with E-state index in [1.165, 1.54) is 24.0 Å². The highest BCUT2D eigenvalue weighted by molar-refractivity contribution is 7.90. The number of amides is 3. The molecule has 254 valence electrons. The van der Waals surface area contributed by atoms with Crippen LogP contribution in [0.2, 0.25) is 0 Å². The standard InChI is InChI=1S/C35H52N4O6S/c1-22(2)27(21-24(4)31(40)38-46(43,44)25-19-17-23(3)18-20-25)39(11)33(42)30(34(5,6)7)37-32(41)29(36-10)35(8,9)26-15-13-14-16-28(26)45-12/h13-22,27,29-30,36H,1-12H3,(H,37,41)(H,38,40)/b24-21+/t27-,29-,30-/m1/s1.